The van der Waals surface area contributed by atoms with E-state index in [0.717, 1.165) is 26.7 Å². The normalized spacial score (nSPS) is 10.8. The van der Waals surface area contributed by atoms with Crippen molar-refractivity contribution < 1.29 is 4.79 Å². The maximum absolute atomic E-state index is 12.3. The molecular weight excluding hydrogens is 312 g/mol. The van der Waals surface area contributed by atoms with Gasteiger partial charge in [-0.3, -0.25) is 4.79 Å². The smallest absolute Gasteiger partial charge is 0.255 e. The van der Waals surface area contributed by atoms with Crippen LogP contribution in [0.25, 0.3) is 10.2 Å². The van der Waals surface area contributed by atoms with Gasteiger partial charge in [0.25, 0.3) is 5.91 Å². The Kier molecular flexibility index (Phi) is 4.45. The fourth-order valence-electron chi connectivity index (χ4n) is 2.19. The number of thioether (sulfide) groups is 1. The van der Waals surface area contributed by atoms with Crippen molar-refractivity contribution >= 4 is 44.9 Å². The number of hydrogen-bond acceptors (Lipinski definition) is 4. The van der Waals surface area contributed by atoms with Gasteiger partial charge in [0.15, 0.2) is 0 Å². The van der Waals surface area contributed by atoms with Crippen LogP contribution in [0.5, 0.6) is 0 Å². The molecule has 0 aliphatic heterocycles. The summed E-state index contributed by atoms with van der Waals surface area (Å²) in [5.74, 6) is 0.929. The molecule has 0 aliphatic carbocycles. The average Bonchev–Trinajstić information content (AvgIpc) is 2.87. The van der Waals surface area contributed by atoms with Gasteiger partial charge >= 0.3 is 0 Å². The van der Waals surface area contributed by atoms with E-state index in [2.05, 4.69) is 17.2 Å². The van der Waals surface area contributed by atoms with E-state index in [1.807, 2.05) is 49.4 Å². The number of thiazole rings is 1. The maximum Gasteiger partial charge on any atom is 0.255 e. The largest absolute Gasteiger partial charge is 0.322 e. The van der Waals surface area contributed by atoms with Crippen LogP contribution in [0.2, 0.25) is 0 Å². The van der Waals surface area contributed by atoms with Gasteiger partial charge in [-0.05, 0) is 55.1 Å². The van der Waals surface area contributed by atoms with Crippen LogP contribution in [0.3, 0.4) is 0 Å². The predicted molar refractivity (Wildman–Crippen MR) is 95.2 cm³/mol. The number of amides is 1. The number of anilines is 1. The quantitative estimate of drug-likeness (QED) is 0.688. The number of carbonyl (C=O) groups excluding carboxylic acids is 1. The summed E-state index contributed by atoms with van der Waals surface area (Å²) in [4.78, 5) is 17.9. The standard InChI is InChI=1S/C17H16N2OS2/c1-3-21-14-7-4-12(5-8-14)17(20)19-13-6-9-16-15(10-13)18-11(2)22-16/h4-10H,3H2,1-2H3,(H,19,20). The minimum Gasteiger partial charge on any atom is -0.322 e. The molecule has 3 rings (SSSR count). The highest BCUT2D eigenvalue weighted by Crippen LogP contribution is 2.25. The lowest BCUT2D eigenvalue weighted by Crippen LogP contribution is -2.11. The second-order valence-electron chi connectivity index (χ2n) is 4.83. The van der Waals surface area contributed by atoms with Crippen LogP contribution in [0.4, 0.5) is 5.69 Å². The van der Waals surface area contributed by atoms with E-state index >= 15 is 0 Å². The first-order chi connectivity index (χ1) is 10.7. The summed E-state index contributed by atoms with van der Waals surface area (Å²) in [6.45, 7) is 4.10. The second kappa shape index (κ2) is 6.50. The van der Waals surface area contributed by atoms with Crippen molar-refractivity contribution in [2.45, 2.75) is 18.7 Å². The molecule has 0 aliphatic rings. The van der Waals surface area contributed by atoms with Crippen molar-refractivity contribution in [2.75, 3.05) is 11.1 Å². The molecule has 1 amide bonds. The van der Waals surface area contributed by atoms with Gasteiger partial charge in [0.2, 0.25) is 0 Å². The number of aromatic nitrogens is 1. The van der Waals surface area contributed by atoms with Crippen LogP contribution < -0.4 is 5.32 Å². The molecule has 3 nitrogen and oxygen atoms in total. The average molecular weight is 328 g/mol. The first-order valence-electron chi connectivity index (χ1n) is 7.07. The Morgan fingerprint density at radius 2 is 2.00 bits per heavy atom. The number of carbonyl (C=O) groups is 1. The summed E-state index contributed by atoms with van der Waals surface area (Å²) >= 11 is 3.42. The van der Waals surface area contributed by atoms with E-state index in [1.54, 1.807) is 23.1 Å². The first-order valence-corrected chi connectivity index (χ1v) is 8.87. The minimum absolute atomic E-state index is 0.0978. The van der Waals surface area contributed by atoms with Gasteiger partial charge in [0.05, 0.1) is 15.2 Å². The van der Waals surface area contributed by atoms with Crippen LogP contribution in [-0.2, 0) is 0 Å². The molecule has 1 N–H and O–H groups in total. The first kappa shape index (κ1) is 15.1. The highest BCUT2D eigenvalue weighted by molar-refractivity contribution is 7.99. The minimum atomic E-state index is -0.0978. The Labute approximate surface area is 137 Å². The molecule has 5 heteroatoms. The third kappa shape index (κ3) is 3.31. The van der Waals surface area contributed by atoms with E-state index in [1.165, 1.54) is 4.90 Å². The number of fused-ring (bicyclic) bond motifs is 1. The molecule has 0 atom stereocenters. The highest BCUT2D eigenvalue weighted by Gasteiger charge is 2.08. The lowest BCUT2D eigenvalue weighted by atomic mass is 10.2. The van der Waals surface area contributed by atoms with Crippen molar-refractivity contribution in [3.05, 3.63) is 53.0 Å². The topological polar surface area (TPSA) is 42.0 Å². The fraction of sp³-hybridized carbons (Fsp3) is 0.176. The number of rotatable bonds is 4. The molecule has 0 bridgehead atoms. The zero-order chi connectivity index (χ0) is 15.5. The third-order valence-corrected chi connectivity index (χ3v) is 5.03. The predicted octanol–water partition coefficient (Wildman–Crippen LogP) is 4.97. The van der Waals surface area contributed by atoms with E-state index in [4.69, 9.17) is 0 Å². The van der Waals surface area contributed by atoms with Gasteiger partial charge in [-0.2, -0.15) is 0 Å². The van der Waals surface area contributed by atoms with Crippen LogP contribution in [-0.4, -0.2) is 16.6 Å². The van der Waals surface area contributed by atoms with Crippen molar-refractivity contribution in [2.24, 2.45) is 0 Å². The molecular formula is C17H16N2OS2. The molecule has 1 heterocycles. The molecule has 0 unspecified atom stereocenters. The van der Waals surface area contributed by atoms with Gasteiger partial charge in [0.1, 0.15) is 0 Å². The number of nitrogens with zero attached hydrogens (tertiary/aromatic N) is 1. The fourth-order valence-corrected chi connectivity index (χ4v) is 3.66. The molecule has 0 saturated heterocycles. The van der Waals surface area contributed by atoms with Gasteiger partial charge in [-0.15, -0.1) is 23.1 Å². The van der Waals surface area contributed by atoms with Crippen molar-refractivity contribution in [3.63, 3.8) is 0 Å². The van der Waals surface area contributed by atoms with E-state index < -0.39 is 0 Å². The highest BCUT2D eigenvalue weighted by atomic mass is 32.2. The van der Waals surface area contributed by atoms with Crippen LogP contribution in [0.1, 0.15) is 22.3 Å². The molecule has 0 radical (unpaired) electrons. The Balaban J connectivity index is 1.76. The number of benzene rings is 2. The SMILES string of the molecule is CCSc1ccc(C(=O)Nc2ccc3sc(C)nc3c2)cc1. The molecule has 2 aromatic carbocycles. The Bertz CT molecular complexity index is 809. The van der Waals surface area contributed by atoms with Crippen molar-refractivity contribution in [3.8, 4) is 0 Å². The Morgan fingerprint density at radius 3 is 2.73 bits per heavy atom. The Hall–Kier alpha value is -1.85. The zero-order valence-corrected chi connectivity index (χ0v) is 14.1. The van der Waals surface area contributed by atoms with Crippen LogP contribution in [0.15, 0.2) is 47.4 Å². The van der Waals surface area contributed by atoms with Crippen LogP contribution in [0, 0.1) is 6.92 Å². The lowest BCUT2D eigenvalue weighted by molar-refractivity contribution is 0.102. The summed E-state index contributed by atoms with van der Waals surface area (Å²) < 4.78 is 1.14. The van der Waals surface area contributed by atoms with Crippen molar-refractivity contribution in [1.82, 2.24) is 4.98 Å². The van der Waals surface area contributed by atoms with Gasteiger partial charge in [-0.1, -0.05) is 6.92 Å². The summed E-state index contributed by atoms with van der Waals surface area (Å²) in [5.41, 5.74) is 2.36. The number of aryl methyl sites for hydroxylation is 1. The number of nitrogens with one attached hydrogen (secondary N) is 1. The molecule has 0 fully saturated rings. The van der Waals surface area contributed by atoms with E-state index in [0.29, 0.717) is 5.56 Å². The molecule has 0 saturated carbocycles. The van der Waals surface area contributed by atoms with Crippen molar-refractivity contribution in [1.29, 1.82) is 0 Å². The van der Waals surface area contributed by atoms with E-state index in [9.17, 15) is 4.79 Å². The number of hydrogen-bond donors (Lipinski definition) is 1. The monoisotopic (exact) mass is 328 g/mol. The summed E-state index contributed by atoms with van der Waals surface area (Å²) in [6, 6.07) is 13.5. The second-order valence-corrected chi connectivity index (χ2v) is 7.40. The van der Waals surface area contributed by atoms with Gasteiger partial charge in [0, 0.05) is 16.1 Å². The van der Waals surface area contributed by atoms with E-state index in [-0.39, 0.29) is 5.91 Å². The molecule has 0 spiro atoms. The molecule has 22 heavy (non-hydrogen) atoms. The summed E-state index contributed by atoms with van der Waals surface area (Å²) in [7, 11) is 0. The zero-order valence-electron chi connectivity index (χ0n) is 12.4. The molecule has 1 aromatic heterocycles. The molecule has 3 aromatic rings. The summed E-state index contributed by atoms with van der Waals surface area (Å²) in [6.07, 6.45) is 0. The summed E-state index contributed by atoms with van der Waals surface area (Å²) in [5, 5.41) is 3.96. The maximum atomic E-state index is 12.3. The molecule has 112 valence electrons. The van der Waals surface area contributed by atoms with Gasteiger partial charge < -0.3 is 5.32 Å². The lowest BCUT2D eigenvalue weighted by Gasteiger charge is -2.06. The third-order valence-electron chi connectivity index (χ3n) is 3.18. The van der Waals surface area contributed by atoms with Gasteiger partial charge in [-0.25, -0.2) is 4.98 Å². The van der Waals surface area contributed by atoms with Crippen LogP contribution >= 0.6 is 23.1 Å². The Morgan fingerprint density at radius 1 is 1.23 bits per heavy atom.